The Morgan fingerprint density at radius 1 is 0.581 bits per heavy atom. The maximum absolute atomic E-state index is 6.42. The second-order valence-electron chi connectivity index (χ2n) is 11.8. The van der Waals surface area contributed by atoms with E-state index in [4.69, 9.17) is 26.4 Å². The molecule has 0 saturated carbocycles. The summed E-state index contributed by atoms with van der Waals surface area (Å²) in [5.74, 6) is 2.31. The Labute approximate surface area is 269 Å². The van der Waals surface area contributed by atoms with Crippen molar-refractivity contribution in [3.63, 3.8) is 0 Å². The van der Waals surface area contributed by atoms with Crippen molar-refractivity contribution in [1.82, 2.24) is 0 Å². The predicted molar refractivity (Wildman–Crippen MR) is 190 cm³/mol. The van der Waals surface area contributed by atoms with Gasteiger partial charge in [0.05, 0.1) is 19.8 Å². The summed E-state index contributed by atoms with van der Waals surface area (Å²) >= 11 is 5.79. The molecule has 0 radical (unpaired) electrons. The normalized spacial score (nSPS) is 11.3. The summed E-state index contributed by atoms with van der Waals surface area (Å²) in [7, 11) is 0. The minimum atomic E-state index is 0.677. The highest BCUT2D eigenvalue weighted by atomic mass is 32.1. The van der Waals surface area contributed by atoms with Gasteiger partial charge in [0.15, 0.2) is 11.5 Å². The van der Waals surface area contributed by atoms with E-state index in [9.17, 15) is 0 Å². The standard InChI is InChI=1S/C39H60O3S/c1-5-9-12-15-18-28-40-36-31-34(24-27-38(43)35-25-22-33(21-8-4)23-26-35)32-37(41-29-19-16-13-10-6-2)39(36)42-30-20-17-14-11-7-3/h22-27,31-32H,5-21,28-30H2,1-4H3. The van der Waals surface area contributed by atoms with Crippen LogP contribution in [0.2, 0.25) is 0 Å². The van der Waals surface area contributed by atoms with Crippen LogP contribution in [-0.4, -0.2) is 24.7 Å². The third-order valence-electron chi connectivity index (χ3n) is 7.75. The summed E-state index contributed by atoms with van der Waals surface area (Å²) < 4.78 is 19.2. The topological polar surface area (TPSA) is 27.7 Å². The molecule has 0 N–H and O–H groups in total. The van der Waals surface area contributed by atoms with Crippen LogP contribution in [0.25, 0.3) is 6.08 Å². The van der Waals surface area contributed by atoms with E-state index >= 15 is 0 Å². The molecule has 240 valence electrons. The van der Waals surface area contributed by atoms with Crippen molar-refractivity contribution in [2.75, 3.05) is 19.8 Å². The zero-order valence-electron chi connectivity index (χ0n) is 27.9. The predicted octanol–water partition coefficient (Wildman–Crippen LogP) is 12.1. The quantitative estimate of drug-likeness (QED) is 0.0459. The molecule has 3 nitrogen and oxygen atoms in total. The van der Waals surface area contributed by atoms with E-state index < -0.39 is 0 Å². The molecular formula is C39H60O3S. The molecule has 0 heterocycles. The van der Waals surface area contributed by atoms with Gasteiger partial charge < -0.3 is 14.2 Å². The number of allylic oxidation sites excluding steroid dienone is 1. The highest BCUT2D eigenvalue weighted by Crippen LogP contribution is 2.40. The van der Waals surface area contributed by atoms with Crippen molar-refractivity contribution in [2.45, 2.75) is 137 Å². The molecule has 0 amide bonds. The van der Waals surface area contributed by atoms with Crippen molar-refractivity contribution in [2.24, 2.45) is 0 Å². The Morgan fingerprint density at radius 3 is 1.51 bits per heavy atom. The van der Waals surface area contributed by atoms with E-state index in [1.807, 2.05) is 6.08 Å². The van der Waals surface area contributed by atoms with E-state index in [2.05, 4.69) is 70.2 Å². The van der Waals surface area contributed by atoms with Gasteiger partial charge in [0.1, 0.15) is 0 Å². The zero-order valence-corrected chi connectivity index (χ0v) is 28.7. The molecule has 2 aromatic carbocycles. The lowest BCUT2D eigenvalue weighted by atomic mass is 10.0. The Hall–Kier alpha value is -2.33. The first-order chi connectivity index (χ1) is 21.1. The van der Waals surface area contributed by atoms with Crippen molar-refractivity contribution in [3.8, 4) is 17.2 Å². The fourth-order valence-electron chi connectivity index (χ4n) is 5.10. The first kappa shape index (κ1) is 36.9. The first-order valence-electron chi connectivity index (χ1n) is 17.5. The number of benzene rings is 2. The van der Waals surface area contributed by atoms with Gasteiger partial charge in [0.25, 0.3) is 0 Å². The zero-order chi connectivity index (χ0) is 31.0. The fraction of sp³-hybridized carbons (Fsp3) is 0.615. The molecule has 2 rings (SSSR count). The van der Waals surface area contributed by atoms with Crippen LogP contribution >= 0.6 is 12.2 Å². The number of hydrogen-bond acceptors (Lipinski definition) is 4. The highest BCUT2D eigenvalue weighted by Gasteiger charge is 2.16. The lowest BCUT2D eigenvalue weighted by Gasteiger charge is -2.18. The van der Waals surface area contributed by atoms with Crippen LogP contribution in [-0.2, 0) is 6.42 Å². The molecular weight excluding hydrogens is 548 g/mol. The average Bonchev–Trinajstić information content (AvgIpc) is 3.02. The maximum Gasteiger partial charge on any atom is 0.203 e. The lowest BCUT2D eigenvalue weighted by molar-refractivity contribution is 0.234. The fourth-order valence-corrected chi connectivity index (χ4v) is 5.30. The molecule has 43 heavy (non-hydrogen) atoms. The van der Waals surface area contributed by atoms with E-state index in [-0.39, 0.29) is 0 Å². The molecule has 0 unspecified atom stereocenters. The van der Waals surface area contributed by atoms with Gasteiger partial charge in [-0.25, -0.2) is 0 Å². The molecule has 0 fully saturated rings. The van der Waals surface area contributed by atoms with Gasteiger partial charge in [0.2, 0.25) is 5.75 Å². The van der Waals surface area contributed by atoms with E-state index in [0.29, 0.717) is 19.8 Å². The van der Waals surface area contributed by atoms with Gasteiger partial charge in [-0.05, 0) is 60.6 Å². The third kappa shape index (κ3) is 15.8. The second-order valence-corrected chi connectivity index (χ2v) is 12.2. The van der Waals surface area contributed by atoms with Crippen LogP contribution < -0.4 is 14.2 Å². The van der Waals surface area contributed by atoms with Gasteiger partial charge in [0, 0.05) is 4.86 Å². The van der Waals surface area contributed by atoms with Crippen LogP contribution in [0.1, 0.15) is 147 Å². The van der Waals surface area contributed by atoms with E-state index in [1.54, 1.807) is 0 Å². The van der Waals surface area contributed by atoms with Gasteiger partial charge in [-0.15, -0.1) is 0 Å². The van der Waals surface area contributed by atoms with E-state index in [0.717, 1.165) is 65.3 Å². The third-order valence-corrected chi connectivity index (χ3v) is 8.12. The Balaban J connectivity index is 2.24. The molecule has 0 aliphatic rings. The number of thiocarbonyl (C=S) groups is 1. The Kier molecular flexibility index (Phi) is 20.6. The van der Waals surface area contributed by atoms with Gasteiger partial charge in [-0.1, -0.05) is 154 Å². The van der Waals surface area contributed by atoms with Gasteiger partial charge in [-0.2, -0.15) is 0 Å². The minimum Gasteiger partial charge on any atom is -0.490 e. The minimum absolute atomic E-state index is 0.677. The highest BCUT2D eigenvalue weighted by molar-refractivity contribution is 7.81. The smallest absolute Gasteiger partial charge is 0.203 e. The molecule has 0 aliphatic carbocycles. The number of rotatable bonds is 26. The summed E-state index contributed by atoms with van der Waals surface area (Å²) in [5, 5.41) is 0. The number of ether oxygens (including phenoxy) is 3. The summed E-state index contributed by atoms with van der Waals surface area (Å²) in [6.45, 7) is 11.0. The Bertz CT molecular complexity index is 990. The molecule has 0 spiro atoms. The number of aryl methyl sites for hydroxylation is 1. The molecule has 4 heteroatoms. The summed E-state index contributed by atoms with van der Waals surface area (Å²) in [6.07, 6.45) is 24.4. The molecule has 0 aliphatic heterocycles. The van der Waals surface area contributed by atoms with Crippen molar-refractivity contribution < 1.29 is 14.2 Å². The summed E-state index contributed by atoms with van der Waals surface area (Å²) in [4.78, 5) is 0.826. The first-order valence-corrected chi connectivity index (χ1v) is 17.9. The Morgan fingerprint density at radius 2 is 1.05 bits per heavy atom. The average molecular weight is 609 g/mol. The molecule has 0 aromatic heterocycles. The number of hydrogen-bond donors (Lipinski definition) is 0. The summed E-state index contributed by atoms with van der Waals surface area (Å²) in [6, 6.07) is 12.8. The summed E-state index contributed by atoms with van der Waals surface area (Å²) in [5.41, 5.74) is 3.44. The second kappa shape index (κ2) is 24.0. The maximum atomic E-state index is 6.42. The van der Waals surface area contributed by atoms with Crippen molar-refractivity contribution >= 4 is 23.2 Å². The van der Waals surface area contributed by atoms with Crippen LogP contribution in [0.15, 0.2) is 42.5 Å². The molecule has 0 atom stereocenters. The van der Waals surface area contributed by atoms with Crippen LogP contribution in [0.3, 0.4) is 0 Å². The van der Waals surface area contributed by atoms with Crippen LogP contribution in [0.4, 0.5) is 0 Å². The van der Waals surface area contributed by atoms with Crippen molar-refractivity contribution in [3.05, 3.63) is 59.2 Å². The SMILES string of the molecule is CCCCCCCOc1cc(C=CC(=S)c2ccc(CCC)cc2)cc(OCCCCCCC)c1OCCCCCCC. The van der Waals surface area contributed by atoms with Gasteiger partial charge in [-0.3, -0.25) is 0 Å². The van der Waals surface area contributed by atoms with Crippen LogP contribution in [0, 0.1) is 0 Å². The van der Waals surface area contributed by atoms with E-state index in [1.165, 1.54) is 82.6 Å². The molecule has 0 saturated heterocycles. The van der Waals surface area contributed by atoms with Crippen LogP contribution in [0.5, 0.6) is 17.2 Å². The molecule has 2 aromatic rings. The van der Waals surface area contributed by atoms with Crippen molar-refractivity contribution in [1.29, 1.82) is 0 Å². The van der Waals surface area contributed by atoms with Gasteiger partial charge >= 0.3 is 0 Å². The lowest BCUT2D eigenvalue weighted by Crippen LogP contribution is -2.07. The number of unbranched alkanes of at least 4 members (excludes halogenated alkanes) is 12. The monoisotopic (exact) mass is 608 g/mol. The largest absolute Gasteiger partial charge is 0.490 e. The molecule has 0 bridgehead atoms.